The van der Waals surface area contributed by atoms with Crippen molar-refractivity contribution >= 4 is 23.6 Å². The zero-order valence-electron chi connectivity index (χ0n) is 13.8. The summed E-state index contributed by atoms with van der Waals surface area (Å²) in [5.41, 5.74) is -0.747. The molecule has 1 aromatic rings. The lowest BCUT2D eigenvalue weighted by molar-refractivity contribution is -0.137. The van der Waals surface area contributed by atoms with Gasteiger partial charge in [-0.15, -0.1) is 11.8 Å². The first-order chi connectivity index (χ1) is 11.1. The lowest BCUT2D eigenvalue weighted by atomic mass is 10.2. The Morgan fingerprint density at radius 3 is 2.50 bits per heavy atom. The Balaban J connectivity index is 2.62. The first-order valence-corrected chi connectivity index (χ1v) is 8.49. The second-order valence-electron chi connectivity index (χ2n) is 5.44. The Labute approximate surface area is 143 Å². The van der Waals surface area contributed by atoms with E-state index in [1.54, 1.807) is 6.92 Å². The number of hydrogen-bond donors (Lipinski definition) is 1. The molecule has 0 atom stereocenters. The number of hydrogen-bond acceptors (Lipinski definition) is 3. The van der Waals surface area contributed by atoms with Crippen LogP contribution in [0.25, 0.3) is 0 Å². The van der Waals surface area contributed by atoms with Crippen LogP contribution in [-0.4, -0.2) is 41.6 Å². The highest BCUT2D eigenvalue weighted by Gasteiger charge is 2.30. The molecule has 134 valence electrons. The average Bonchev–Trinajstić information content (AvgIpc) is 2.49. The monoisotopic (exact) mass is 362 g/mol. The highest BCUT2D eigenvalue weighted by atomic mass is 32.2. The largest absolute Gasteiger partial charge is 0.416 e. The quantitative estimate of drug-likeness (QED) is 0.758. The molecule has 2 amide bonds. The summed E-state index contributed by atoms with van der Waals surface area (Å²) >= 11 is 1.02. The first-order valence-electron chi connectivity index (χ1n) is 7.50. The van der Waals surface area contributed by atoms with Crippen molar-refractivity contribution < 1.29 is 22.8 Å². The van der Waals surface area contributed by atoms with E-state index < -0.39 is 11.7 Å². The average molecular weight is 362 g/mol. The van der Waals surface area contributed by atoms with Crippen LogP contribution in [0.1, 0.15) is 26.3 Å². The number of thioether (sulfide) groups is 1. The van der Waals surface area contributed by atoms with Gasteiger partial charge >= 0.3 is 6.18 Å². The zero-order valence-corrected chi connectivity index (χ0v) is 14.6. The topological polar surface area (TPSA) is 49.4 Å². The maximum atomic E-state index is 12.7. The van der Waals surface area contributed by atoms with E-state index in [0.717, 1.165) is 23.9 Å². The lowest BCUT2D eigenvalue weighted by Gasteiger charge is -2.21. The van der Waals surface area contributed by atoms with Gasteiger partial charge in [0.15, 0.2) is 0 Å². The second-order valence-corrected chi connectivity index (χ2v) is 6.49. The number of rotatable bonds is 7. The number of benzene rings is 1. The molecule has 1 N–H and O–H groups in total. The molecule has 0 unspecified atom stereocenters. The number of likely N-dealkylation sites (N-methyl/N-ethyl adjacent to an activating group) is 1. The van der Waals surface area contributed by atoms with Crippen molar-refractivity contribution in [2.24, 2.45) is 0 Å². The van der Waals surface area contributed by atoms with Gasteiger partial charge in [-0.25, -0.2) is 0 Å². The van der Waals surface area contributed by atoms with E-state index in [9.17, 15) is 22.8 Å². The van der Waals surface area contributed by atoms with Gasteiger partial charge in [0.25, 0.3) is 0 Å². The standard InChI is InChI=1S/C16H21F3N2O2S/c1-4-21(9-14(22)20-11(2)3)15(23)10-24-13-7-5-6-12(8-13)16(17,18)19/h5-8,11H,4,9-10H2,1-3H3,(H,20,22). The molecular formula is C16H21F3N2O2S. The van der Waals surface area contributed by atoms with Crippen LogP contribution in [0, 0.1) is 0 Å². The minimum absolute atomic E-state index is 0.0224. The summed E-state index contributed by atoms with van der Waals surface area (Å²) in [5, 5.41) is 2.70. The summed E-state index contributed by atoms with van der Waals surface area (Å²) in [6.45, 7) is 5.68. The van der Waals surface area contributed by atoms with Gasteiger partial charge in [0.1, 0.15) is 0 Å². The van der Waals surface area contributed by atoms with Crippen molar-refractivity contribution in [3.05, 3.63) is 29.8 Å². The fourth-order valence-electron chi connectivity index (χ4n) is 1.92. The van der Waals surface area contributed by atoms with Crippen molar-refractivity contribution in [1.82, 2.24) is 10.2 Å². The number of amides is 2. The van der Waals surface area contributed by atoms with Crippen LogP contribution >= 0.6 is 11.8 Å². The van der Waals surface area contributed by atoms with Gasteiger partial charge in [-0.05, 0) is 39.0 Å². The third-order valence-corrected chi connectivity index (χ3v) is 4.02. The summed E-state index contributed by atoms with van der Waals surface area (Å²) in [6, 6.07) is 4.81. The highest BCUT2D eigenvalue weighted by Crippen LogP contribution is 2.31. The second kappa shape index (κ2) is 8.96. The van der Waals surface area contributed by atoms with Gasteiger partial charge in [-0.2, -0.15) is 13.2 Å². The Kier molecular flexibility index (Phi) is 7.59. The van der Waals surface area contributed by atoms with E-state index in [1.165, 1.54) is 17.0 Å². The van der Waals surface area contributed by atoms with Crippen molar-refractivity contribution in [1.29, 1.82) is 0 Å². The van der Waals surface area contributed by atoms with Gasteiger partial charge in [-0.3, -0.25) is 9.59 Å². The molecule has 0 radical (unpaired) electrons. The lowest BCUT2D eigenvalue weighted by Crippen LogP contribution is -2.43. The van der Waals surface area contributed by atoms with Crippen LogP contribution in [0.15, 0.2) is 29.2 Å². The van der Waals surface area contributed by atoms with E-state index in [-0.39, 0.29) is 30.2 Å². The summed E-state index contributed by atoms with van der Waals surface area (Å²) in [5.74, 6) is -0.576. The summed E-state index contributed by atoms with van der Waals surface area (Å²) < 4.78 is 38.0. The summed E-state index contributed by atoms with van der Waals surface area (Å²) in [7, 11) is 0. The summed E-state index contributed by atoms with van der Waals surface area (Å²) in [6.07, 6.45) is -4.41. The first kappa shape index (κ1) is 20.3. The normalized spacial score (nSPS) is 11.5. The number of alkyl halides is 3. The maximum Gasteiger partial charge on any atom is 0.416 e. The predicted molar refractivity (Wildman–Crippen MR) is 87.7 cm³/mol. The van der Waals surface area contributed by atoms with Crippen LogP contribution in [0.5, 0.6) is 0 Å². The fraction of sp³-hybridized carbons (Fsp3) is 0.500. The molecule has 0 aliphatic rings. The predicted octanol–water partition coefficient (Wildman–Crippen LogP) is 3.17. The zero-order chi connectivity index (χ0) is 18.3. The van der Waals surface area contributed by atoms with Crippen molar-refractivity contribution in [3.8, 4) is 0 Å². The van der Waals surface area contributed by atoms with Crippen LogP contribution in [0.3, 0.4) is 0 Å². The molecule has 0 spiro atoms. The number of nitrogens with zero attached hydrogens (tertiary/aromatic N) is 1. The molecule has 24 heavy (non-hydrogen) atoms. The van der Waals surface area contributed by atoms with E-state index in [2.05, 4.69) is 5.32 Å². The molecule has 0 aromatic heterocycles. The molecule has 8 heteroatoms. The number of carbonyl (C=O) groups excluding carboxylic acids is 2. The third-order valence-electron chi connectivity index (χ3n) is 3.04. The van der Waals surface area contributed by atoms with Gasteiger partial charge in [0, 0.05) is 17.5 Å². The van der Waals surface area contributed by atoms with Crippen LogP contribution < -0.4 is 5.32 Å². The van der Waals surface area contributed by atoms with E-state index in [0.29, 0.717) is 11.4 Å². The number of halogens is 3. The molecule has 0 bridgehead atoms. The molecule has 0 saturated heterocycles. The van der Waals surface area contributed by atoms with Gasteiger partial charge in [-0.1, -0.05) is 6.07 Å². The molecule has 1 rings (SSSR count). The minimum atomic E-state index is -4.41. The van der Waals surface area contributed by atoms with Gasteiger partial charge in [0.05, 0.1) is 17.9 Å². The maximum absolute atomic E-state index is 12.7. The molecule has 4 nitrogen and oxygen atoms in total. The minimum Gasteiger partial charge on any atom is -0.352 e. The van der Waals surface area contributed by atoms with E-state index in [4.69, 9.17) is 0 Å². The van der Waals surface area contributed by atoms with Gasteiger partial charge in [0.2, 0.25) is 11.8 Å². The van der Waals surface area contributed by atoms with Crippen molar-refractivity contribution in [2.75, 3.05) is 18.8 Å². The molecule has 0 aliphatic heterocycles. The molecule has 0 heterocycles. The Bertz CT molecular complexity index is 577. The van der Waals surface area contributed by atoms with Crippen molar-refractivity contribution in [2.45, 2.75) is 37.9 Å². The Morgan fingerprint density at radius 2 is 1.96 bits per heavy atom. The molecule has 1 aromatic carbocycles. The smallest absolute Gasteiger partial charge is 0.352 e. The number of nitrogens with one attached hydrogen (secondary N) is 1. The highest BCUT2D eigenvalue weighted by molar-refractivity contribution is 8.00. The van der Waals surface area contributed by atoms with E-state index >= 15 is 0 Å². The number of carbonyl (C=O) groups is 2. The van der Waals surface area contributed by atoms with Crippen molar-refractivity contribution in [3.63, 3.8) is 0 Å². The van der Waals surface area contributed by atoms with Gasteiger partial charge < -0.3 is 10.2 Å². The van der Waals surface area contributed by atoms with Crippen LogP contribution in [-0.2, 0) is 15.8 Å². The Morgan fingerprint density at radius 1 is 1.29 bits per heavy atom. The molecular weight excluding hydrogens is 341 g/mol. The van der Waals surface area contributed by atoms with Crippen LogP contribution in [0.4, 0.5) is 13.2 Å². The molecule has 0 fully saturated rings. The fourth-order valence-corrected chi connectivity index (χ4v) is 2.77. The molecule has 0 aliphatic carbocycles. The van der Waals surface area contributed by atoms with E-state index in [1.807, 2.05) is 13.8 Å². The molecule has 0 saturated carbocycles. The summed E-state index contributed by atoms with van der Waals surface area (Å²) in [4.78, 5) is 25.6. The Hall–Kier alpha value is -1.70. The van der Waals surface area contributed by atoms with Crippen LogP contribution in [0.2, 0.25) is 0 Å². The SMILES string of the molecule is CCN(CC(=O)NC(C)C)C(=O)CSc1cccc(C(F)(F)F)c1. The third kappa shape index (κ3) is 6.82.